The number of halogens is 1. The molecule has 0 unspecified atom stereocenters. The Morgan fingerprint density at radius 2 is 1.60 bits per heavy atom. The molecule has 6 nitrogen and oxygen atoms in total. The second-order valence-electron chi connectivity index (χ2n) is 6.40. The predicted octanol–water partition coefficient (Wildman–Crippen LogP) is 4.82. The summed E-state index contributed by atoms with van der Waals surface area (Å²) in [5.74, 6) is 6.71. The average Bonchev–Trinajstić information content (AvgIpc) is 3.14. The number of carbonyl (C=O) groups excluding carboxylic acids is 1. The lowest BCUT2D eigenvalue weighted by molar-refractivity contribution is -0.113. The van der Waals surface area contributed by atoms with E-state index < -0.39 is 0 Å². The Morgan fingerprint density at radius 1 is 0.933 bits per heavy atom. The molecule has 0 spiro atoms. The molecule has 3 N–H and O–H groups in total. The molecular formula is C22H18BrN5OS. The summed E-state index contributed by atoms with van der Waals surface area (Å²) in [5.41, 5.74) is 3.61. The lowest BCUT2D eigenvalue weighted by Crippen LogP contribution is -2.17. The highest BCUT2D eigenvalue weighted by Gasteiger charge is 2.16. The van der Waals surface area contributed by atoms with Crippen LogP contribution in [-0.2, 0) is 4.79 Å². The maximum Gasteiger partial charge on any atom is 0.234 e. The van der Waals surface area contributed by atoms with E-state index in [1.54, 1.807) is 0 Å². The molecule has 1 heterocycles. The van der Waals surface area contributed by atoms with Gasteiger partial charge in [0.15, 0.2) is 5.82 Å². The van der Waals surface area contributed by atoms with Crippen LogP contribution >= 0.6 is 27.7 Å². The molecule has 0 aliphatic rings. The summed E-state index contributed by atoms with van der Waals surface area (Å²) in [6, 6.07) is 25.3. The van der Waals surface area contributed by atoms with Crippen molar-refractivity contribution >= 4 is 39.3 Å². The number of nitrogens with zero attached hydrogens (tertiary/aromatic N) is 3. The van der Waals surface area contributed by atoms with Crippen LogP contribution in [0, 0.1) is 0 Å². The number of hydrogen-bond acceptors (Lipinski definition) is 5. The Balaban J connectivity index is 1.45. The van der Waals surface area contributed by atoms with Gasteiger partial charge in [0, 0.05) is 21.3 Å². The average molecular weight is 480 g/mol. The number of aromatic nitrogens is 3. The summed E-state index contributed by atoms with van der Waals surface area (Å²) in [5, 5.41) is 11.7. The minimum absolute atomic E-state index is 0.145. The third-order valence-corrected chi connectivity index (χ3v) is 6.03. The quantitative estimate of drug-likeness (QED) is 0.305. The van der Waals surface area contributed by atoms with E-state index in [2.05, 4.69) is 31.4 Å². The SMILES string of the molecule is Nn1c(SCC(=O)Nc2ccccc2-c2ccccc2)nnc1-c1ccccc1Br. The van der Waals surface area contributed by atoms with Crippen LogP contribution in [0.15, 0.2) is 88.5 Å². The molecule has 0 atom stereocenters. The highest BCUT2D eigenvalue weighted by molar-refractivity contribution is 9.10. The highest BCUT2D eigenvalue weighted by Crippen LogP contribution is 2.29. The molecule has 4 aromatic rings. The van der Waals surface area contributed by atoms with E-state index in [-0.39, 0.29) is 11.7 Å². The van der Waals surface area contributed by atoms with Crippen molar-refractivity contribution in [3.8, 4) is 22.5 Å². The van der Waals surface area contributed by atoms with Crippen molar-refractivity contribution in [2.24, 2.45) is 0 Å². The first-order valence-corrected chi connectivity index (χ1v) is 10.9. The number of nitrogen functional groups attached to an aromatic ring is 1. The van der Waals surface area contributed by atoms with E-state index in [1.165, 1.54) is 16.4 Å². The van der Waals surface area contributed by atoms with E-state index in [0.717, 1.165) is 26.9 Å². The Kier molecular flexibility index (Phi) is 6.15. The number of nitrogens with one attached hydrogen (secondary N) is 1. The highest BCUT2D eigenvalue weighted by atomic mass is 79.9. The van der Waals surface area contributed by atoms with Crippen LogP contribution in [0.4, 0.5) is 5.69 Å². The first-order valence-electron chi connectivity index (χ1n) is 9.16. The van der Waals surface area contributed by atoms with E-state index in [9.17, 15) is 4.79 Å². The van der Waals surface area contributed by atoms with Crippen LogP contribution < -0.4 is 11.2 Å². The standard InChI is InChI=1S/C22H18BrN5OS/c23-18-12-6-4-11-17(18)21-26-27-22(28(21)24)30-14-20(29)25-19-13-7-5-10-16(19)15-8-2-1-3-9-15/h1-13H,14,24H2,(H,25,29). The Bertz CT molecular complexity index is 1180. The molecule has 0 radical (unpaired) electrons. The van der Waals surface area contributed by atoms with Crippen LogP contribution in [0.3, 0.4) is 0 Å². The van der Waals surface area contributed by atoms with E-state index in [4.69, 9.17) is 5.84 Å². The fraction of sp³-hybridized carbons (Fsp3) is 0.0455. The summed E-state index contributed by atoms with van der Waals surface area (Å²) < 4.78 is 2.27. The monoisotopic (exact) mass is 479 g/mol. The molecule has 3 aromatic carbocycles. The zero-order valence-corrected chi connectivity index (χ0v) is 18.2. The van der Waals surface area contributed by atoms with Crippen molar-refractivity contribution in [1.82, 2.24) is 14.9 Å². The van der Waals surface area contributed by atoms with Gasteiger partial charge in [-0.05, 0) is 23.8 Å². The number of nitrogens with two attached hydrogens (primary N) is 1. The van der Waals surface area contributed by atoms with Crippen molar-refractivity contribution in [2.45, 2.75) is 5.16 Å². The Labute approximate surface area is 186 Å². The number of para-hydroxylation sites is 1. The minimum Gasteiger partial charge on any atom is -0.335 e. The largest absolute Gasteiger partial charge is 0.335 e. The lowest BCUT2D eigenvalue weighted by Gasteiger charge is -2.11. The van der Waals surface area contributed by atoms with Crippen LogP contribution in [0.1, 0.15) is 0 Å². The van der Waals surface area contributed by atoms with Gasteiger partial charge < -0.3 is 11.2 Å². The third-order valence-electron chi connectivity index (χ3n) is 4.40. The van der Waals surface area contributed by atoms with Gasteiger partial charge in [-0.3, -0.25) is 4.79 Å². The third kappa shape index (κ3) is 4.39. The summed E-state index contributed by atoms with van der Waals surface area (Å²) >= 11 is 4.73. The molecule has 0 saturated carbocycles. The summed E-state index contributed by atoms with van der Waals surface area (Å²) in [6.45, 7) is 0. The summed E-state index contributed by atoms with van der Waals surface area (Å²) in [4.78, 5) is 12.6. The second kappa shape index (κ2) is 9.15. The number of anilines is 1. The first kappa shape index (κ1) is 20.2. The van der Waals surface area contributed by atoms with Crippen molar-refractivity contribution in [1.29, 1.82) is 0 Å². The zero-order chi connectivity index (χ0) is 20.9. The van der Waals surface area contributed by atoms with Gasteiger partial charge in [-0.25, -0.2) is 4.68 Å². The van der Waals surface area contributed by atoms with Crippen LogP contribution in [0.5, 0.6) is 0 Å². The molecule has 0 fully saturated rings. The zero-order valence-electron chi connectivity index (χ0n) is 15.8. The van der Waals surface area contributed by atoms with Crippen molar-refractivity contribution in [3.05, 3.63) is 83.3 Å². The summed E-state index contributed by atoms with van der Waals surface area (Å²) in [7, 11) is 0. The molecule has 4 rings (SSSR count). The molecule has 150 valence electrons. The number of rotatable bonds is 6. The molecule has 0 aliphatic carbocycles. The van der Waals surface area contributed by atoms with E-state index in [0.29, 0.717) is 11.0 Å². The molecule has 0 bridgehead atoms. The minimum atomic E-state index is -0.145. The van der Waals surface area contributed by atoms with Gasteiger partial charge in [0.25, 0.3) is 0 Å². The maximum atomic E-state index is 12.6. The normalized spacial score (nSPS) is 10.7. The fourth-order valence-corrected chi connectivity index (χ4v) is 4.10. The van der Waals surface area contributed by atoms with Gasteiger partial charge in [0.2, 0.25) is 11.1 Å². The molecular weight excluding hydrogens is 462 g/mol. The van der Waals surface area contributed by atoms with E-state index in [1.807, 2.05) is 78.9 Å². The topological polar surface area (TPSA) is 85.8 Å². The number of hydrogen-bond donors (Lipinski definition) is 2. The molecule has 30 heavy (non-hydrogen) atoms. The first-order chi connectivity index (χ1) is 14.6. The molecule has 0 saturated heterocycles. The maximum absolute atomic E-state index is 12.6. The van der Waals surface area contributed by atoms with Crippen LogP contribution in [-0.4, -0.2) is 26.5 Å². The lowest BCUT2D eigenvalue weighted by atomic mass is 10.0. The second-order valence-corrected chi connectivity index (χ2v) is 8.20. The Hall–Kier alpha value is -3.10. The smallest absolute Gasteiger partial charge is 0.234 e. The molecule has 8 heteroatoms. The number of thioether (sulfide) groups is 1. The van der Waals surface area contributed by atoms with Gasteiger partial charge in [-0.15, -0.1) is 10.2 Å². The van der Waals surface area contributed by atoms with Crippen LogP contribution in [0.2, 0.25) is 0 Å². The fourth-order valence-electron chi connectivity index (χ4n) is 2.98. The molecule has 0 aliphatic heterocycles. The molecule has 1 aromatic heterocycles. The van der Waals surface area contributed by atoms with Crippen molar-refractivity contribution < 1.29 is 4.79 Å². The van der Waals surface area contributed by atoms with Gasteiger partial charge >= 0.3 is 0 Å². The van der Waals surface area contributed by atoms with Gasteiger partial charge in [-0.2, -0.15) is 0 Å². The summed E-state index contributed by atoms with van der Waals surface area (Å²) in [6.07, 6.45) is 0. The van der Waals surface area contributed by atoms with Crippen LogP contribution in [0.25, 0.3) is 22.5 Å². The number of amides is 1. The van der Waals surface area contributed by atoms with Gasteiger partial charge in [0.05, 0.1) is 5.75 Å². The Morgan fingerprint density at radius 3 is 2.37 bits per heavy atom. The number of benzene rings is 3. The van der Waals surface area contributed by atoms with Crippen molar-refractivity contribution in [3.63, 3.8) is 0 Å². The molecule has 1 amide bonds. The van der Waals surface area contributed by atoms with Gasteiger partial charge in [0.1, 0.15) is 0 Å². The van der Waals surface area contributed by atoms with Gasteiger partial charge in [-0.1, -0.05) is 88.4 Å². The number of carbonyl (C=O) groups is 1. The van der Waals surface area contributed by atoms with Crippen molar-refractivity contribution in [2.75, 3.05) is 16.9 Å². The van der Waals surface area contributed by atoms with E-state index >= 15 is 0 Å². The predicted molar refractivity (Wildman–Crippen MR) is 125 cm³/mol.